The van der Waals surface area contributed by atoms with Crippen LogP contribution in [0, 0.1) is 0 Å². The molecule has 0 fully saturated rings. The Kier molecular flexibility index (Phi) is 3.68. The van der Waals surface area contributed by atoms with Gasteiger partial charge in [0.25, 0.3) is 0 Å². The largest absolute Gasteiger partial charge is 0.477 e. The topological polar surface area (TPSA) is 53.4 Å². The Morgan fingerprint density at radius 2 is 2.24 bits per heavy atom. The monoisotopic (exact) mass is 302 g/mol. The Hall–Kier alpha value is -1.88. The van der Waals surface area contributed by atoms with E-state index < -0.39 is 5.97 Å². The summed E-state index contributed by atoms with van der Waals surface area (Å²) in [4.78, 5) is 18.6. The van der Waals surface area contributed by atoms with E-state index in [1.165, 1.54) is 16.9 Å². The molecule has 5 heteroatoms. The quantitative estimate of drug-likeness (QED) is 0.925. The third-order valence-electron chi connectivity index (χ3n) is 4.03. The van der Waals surface area contributed by atoms with Crippen LogP contribution in [-0.4, -0.2) is 22.6 Å². The number of carboxylic acid groups (broad SMARTS) is 1. The molecule has 2 aromatic rings. The molecule has 4 nitrogen and oxygen atoms in total. The smallest absolute Gasteiger partial charge is 0.347 e. The minimum atomic E-state index is -0.874. The molecule has 0 saturated heterocycles. The predicted molar refractivity (Wildman–Crippen MR) is 84.9 cm³/mol. The van der Waals surface area contributed by atoms with E-state index in [2.05, 4.69) is 28.9 Å². The molecule has 3 rings (SSSR count). The van der Waals surface area contributed by atoms with Crippen LogP contribution in [0.4, 0.5) is 10.8 Å². The minimum absolute atomic E-state index is 0.166. The van der Waals surface area contributed by atoms with Crippen LogP contribution in [0.3, 0.4) is 0 Å². The molecule has 1 N–H and O–H groups in total. The highest BCUT2D eigenvalue weighted by atomic mass is 32.1. The molecule has 0 radical (unpaired) electrons. The maximum Gasteiger partial charge on any atom is 0.347 e. The Morgan fingerprint density at radius 3 is 2.95 bits per heavy atom. The van der Waals surface area contributed by atoms with Crippen molar-refractivity contribution >= 4 is 28.1 Å². The molecule has 0 saturated carbocycles. The highest BCUT2D eigenvalue weighted by Gasteiger charge is 2.27. The van der Waals surface area contributed by atoms with Crippen molar-refractivity contribution < 1.29 is 9.90 Å². The number of para-hydroxylation sites is 1. The first-order valence-electron chi connectivity index (χ1n) is 7.21. The number of thiazole rings is 1. The van der Waals surface area contributed by atoms with Gasteiger partial charge in [-0.2, -0.15) is 0 Å². The third kappa shape index (κ3) is 2.42. The second-order valence-electron chi connectivity index (χ2n) is 5.36. The summed E-state index contributed by atoms with van der Waals surface area (Å²) in [7, 11) is 0. The fraction of sp³-hybridized carbons (Fsp3) is 0.375. The maximum atomic E-state index is 11.5. The van der Waals surface area contributed by atoms with Gasteiger partial charge in [0.1, 0.15) is 4.88 Å². The van der Waals surface area contributed by atoms with Crippen molar-refractivity contribution in [1.29, 1.82) is 0 Å². The maximum absolute atomic E-state index is 11.5. The van der Waals surface area contributed by atoms with Crippen molar-refractivity contribution in [3.8, 4) is 0 Å². The Balaban J connectivity index is 2.03. The molecule has 0 aliphatic carbocycles. The molecule has 1 aliphatic rings. The van der Waals surface area contributed by atoms with Crippen LogP contribution in [0.5, 0.6) is 0 Å². The Morgan fingerprint density at radius 1 is 1.48 bits per heavy atom. The predicted octanol–water partition coefficient (Wildman–Crippen LogP) is 4.05. The van der Waals surface area contributed by atoms with Crippen LogP contribution < -0.4 is 4.90 Å². The number of fused-ring (bicyclic) bond motifs is 1. The van der Waals surface area contributed by atoms with Gasteiger partial charge in [-0.1, -0.05) is 43.4 Å². The Bertz CT molecular complexity index is 681. The number of nitrogens with zero attached hydrogens (tertiary/aromatic N) is 2. The lowest BCUT2D eigenvalue weighted by Crippen LogP contribution is -2.13. The van der Waals surface area contributed by atoms with E-state index in [-0.39, 0.29) is 5.92 Å². The number of anilines is 2. The number of benzene rings is 1. The average molecular weight is 302 g/mol. The van der Waals surface area contributed by atoms with Gasteiger partial charge < -0.3 is 10.0 Å². The summed E-state index contributed by atoms with van der Waals surface area (Å²) in [6, 6.07) is 8.25. The lowest BCUT2D eigenvalue weighted by Gasteiger charge is -2.15. The van der Waals surface area contributed by atoms with Gasteiger partial charge >= 0.3 is 5.97 Å². The highest BCUT2D eigenvalue weighted by molar-refractivity contribution is 7.17. The van der Waals surface area contributed by atoms with Crippen LogP contribution in [0.25, 0.3) is 0 Å². The average Bonchev–Trinajstić information content (AvgIpc) is 3.10. The molecule has 1 aliphatic heterocycles. The zero-order chi connectivity index (χ0) is 15.0. The molecular weight excluding hydrogens is 284 g/mol. The van der Waals surface area contributed by atoms with Gasteiger partial charge in [0.05, 0.1) is 5.69 Å². The van der Waals surface area contributed by atoms with Crippen molar-refractivity contribution in [1.82, 2.24) is 4.98 Å². The number of aromatic nitrogens is 1. The summed E-state index contributed by atoms with van der Waals surface area (Å²) in [6.07, 6.45) is 1.87. The van der Waals surface area contributed by atoms with Crippen molar-refractivity contribution in [3.63, 3.8) is 0 Å². The van der Waals surface area contributed by atoms with Crippen molar-refractivity contribution in [3.05, 3.63) is 40.4 Å². The molecule has 0 amide bonds. The summed E-state index contributed by atoms with van der Waals surface area (Å²) in [6.45, 7) is 4.95. The number of hydrogen-bond donors (Lipinski definition) is 1. The van der Waals surface area contributed by atoms with E-state index in [1.54, 1.807) is 0 Å². The third-order valence-corrected chi connectivity index (χ3v) is 5.12. The van der Waals surface area contributed by atoms with Crippen LogP contribution in [-0.2, 0) is 6.42 Å². The first kappa shape index (κ1) is 14.1. The standard InChI is InChI=1S/C16H18N2O2S/c1-3-10(2)13-14(15(19)20)21-16(17-13)18-9-8-11-6-4-5-7-12(11)18/h4-7,10H,3,8-9H2,1-2H3,(H,19,20). The Labute approximate surface area is 128 Å². The first-order valence-corrected chi connectivity index (χ1v) is 8.03. The molecule has 110 valence electrons. The number of aromatic carboxylic acids is 1. The number of hydrogen-bond acceptors (Lipinski definition) is 4. The van der Waals surface area contributed by atoms with E-state index in [1.807, 2.05) is 19.1 Å². The van der Waals surface area contributed by atoms with Crippen LogP contribution in [0.15, 0.2) is 24.3 Å². The minimum Gasteiger partial charge on any atom is -0.477 e. The molecule has 1 unspecified atom stereocenters. The van der Waals surface area contributed by atoms with Gasteiger partial charge in [0.2, 0.25) is 0 Å². The second-order valence-corrected chi connectivity index (χ2v) is 6.33. The molecule has 1 aromatic carbocycles. The molecule has 1 aromatic heterocycles. The SMILES string of the molecule is CCC(C)c1nc(N2CCc3ccccc32)sc1C(=O)O. The summed E-state index contributed by atoms with van der Waals surface area (Å²) in [5, 5.41) is 10.2. The summed E-state index contributed by atoms with van der Waals surface area (Å²) >= 11 is 1.29. The van der Waals surface area contributed by atoms with Crippen LogP contribution in [0.1, 0.15) is 47.1 Å². The normalized spacial score (nSPS) is 15.0. The fourth-order valence-corrected chi connectivity index (χ4v) is 3.72. The number of rotatable bonds is 4. The second kappa shape index (κ2) is 5.48. The van der Waals surface area contributed by atoms with Crippen LogP contribution in [0.2, 0.25) is 0 Å². The summed E-state index contributed by atoms with van der Waals surface area (Å²) in [5.74, 6) is -0.708. The number of carboxylic acids is 1. The van der Waals surface area contributed by atoms with Gasteiger partial charge in [0, 0.05) is 12.2 Å². The molecule has 0 bridgehead atoms. The van der Waals surface area contributed by atoms with E-state index in [0.717, 1.165) is 35.9 Å². The first-order chi connectivity index (χ1) is 10.1. The van der Waals surface area contributed by atoms with Gasteiger partial charge in [-0.25, -0.2) is 9.78 Å². The van der Waals surface area contributed by atoms with Crippen molar-refractivity contribution in [2.75, 3.05) is 11.4 Å². The fourth-order valence-electron chi connectivity index (χ4n) is 2.65. The van der Waals surface area contributed by atoms with Crippen molar-refractivity contribution in [2.24, 2.45) is 0 Å². The zero-order valence-corrected chi connectivity index (χ0v) is 13.0. The van der Waals surface area contributed by atoms with E-state index in [4.69, 9.17) is 0 Å². The van der Waals surface area contributed by atoms with Gasteiger partial charge in [-0.15, -0.1) is 0 Å². The highest BCUT2D eigenvalue weighted by Crippen LogP contribution is 2.39. The van der Waals surface area contributed by atoms with Gasteiger partial charge in [-0.05, 0) is 30.4 Å². The van der Waals surface area contributed by atoms with Crippen molar-refractivity contribution in [2.45, 2.75) is 32.6 Å². The van der Waals surface area contributed by atoms with E-state index in [0.29, 0.717) is 4.88 Å². The number of carbonyl (C=O) groups is 1. The molecule has 1 atom stereocenters. The van der Waals surface area contributed by atoms with Gasteiger partial charge in [0.15, 0.2) is 5.13 Å². The lowest BCUT2D eigenvalue weighted by molar-refractivity contribution is 0.0700. The van der Waals surface area contributed by atoms with Crippen LogP contribution >= 0.6 is 11.3 Å². The summed E-state index contributed by atoms with van der Waals surface area (Å²) < 4.78 is 0. The molecular formula is C16H18N2O2S. The van der Waals surface area contributed by atoms with E-state index >= 15 is 0 Å². The molecule has 21 heavy (non-hydrogen) atoms. The van der Waals surface area contributed by atoms with E-state index in [9.17, 15) is 9.90 Å². The lowest BCUT2D eigenvalue weighted by atomic mass is 10.0. The molecule has 2 heterocycles. The summed E-state index contributed by atoms with van der Waals surface area (Å²) in [5.41, 5.74) is 3.17. The molecule has 0 spiro atoms. The zero-order valence-electron chi connectivity index (χ0n) is 12.2. The van der Waals surface area contributed by atoms with Gasteiger partial charge in [-0.3, -0.25) is 0 Å².